The van der Waals surface area contributed by atoms with Gasteiger partial charge in [0.1, 0.15) is 11.5 Å². The standard InChI is InChI=1S/C21H25N7O3/c1-3-31-17-8-6-16(7-9-17)28-19-18(26-27-28)12-23-21(25-19)24-15-5-4-14(10-15)20(30)22-11-13(2)29/h6-9,12,14-15H,3-5,10-11H2,1-2H3,(H,22,30)(H,23,24,25)/t14-,15-/m1/s1. The maximum Gasteiger partial charge on any atom is 0.225 e. The van der Waals surface area contributed by atoms with Crippen LogP contribution >= 0.6 is 0 Å². The third-order valence-corrected chi connectivity index (χ3v) is 5.23. The summed E-state index contributed by atoms with van der Waals surface area (Å²) in [6.07, 6.45) is 3.89. The zero-order valence-corrected chi connectivity index (χ0v) is 17.5. The summed E-state index contributed by atoms with van der Waals surface area (Å²) >= 11 is 0. The molecule has 0 aliphatic heterocycles. The van der Waals surface area contributed by atoms with Gasteiger partial charge in [-0.15, -0.1) is 5.10 Å². The van der Waals surface area contributed by atoms with Crippen LogP contribution in [-0.2, 0) is 9.59 Å². The molecule has 1 aromatic carbocycles. The Morgan fingerprint density at radius 3 is 2.77 bits per heavy atom. The molecule has 2 heterocycles. The molecule has 162 valence electrons. The number of fused-ring (bicyclic) bond motifs is 1. The average molecular weight is 423 g/mol. The number of aromatic nitrogens is 5. The first kappa shape index (κ1) is 20.7. The summed E-state index contributed by atoms with van der Waals surface area (Å²) in [7, 11) is 0. The number of nitrogens with zero attached hydrogens (tertiary/aromatic N) is 5. The third-order valence-electron chi connectivity index (χ3n) is 5.23. The maximum absolute atomic E-state index is 12.2. The van der Waals surface area contributed by atoms with Crippen molar-refractivity contribution in [3.05, 3.63) is 30.5 Å². The Balaban J connectivity index is 1.45. The first-order chi connectivity index (χ1) is 15.0. The van der Waals surface area contributed by atoms with Crippen LogP contribution in [0, 0.1) is 5.92 Å². The van der Waals surface area contributed by atoms with Gasteiger partial charge >= 0.3 is 0 Å². The van der Waals surface area contributed by atoms with Crippen molar-refractivity contribution in [3.8, 4) is 11.4 Å². The molecule has 1 fully saturated rings. The van der Waals surface area contributed by atoms with Crippen molar-refractivity contribution < 1.29 is 14.3 Å². The van der Waals surface area contributed by atoms with E-state index in [9.17, 15) is 9.59 Å². The van der Waals surface area contributed by atoms with Crippen LogP contribution in [0.1, 0.15) is 33.1 Å². The Kier molecular flexibility index (Phi) is 6.06. The van der Waals surface area contributed by atoms with E-state index in [-0.39, 0.29) is 30.2 Å². The largest absolute Gasteiger partial charge is 0.494 e. The highest BCUT2D eigenvalue weighted by atomic mass is 16.5. The van der Waals surface area contributed by atoms with E-state index in [4.69, 9.17) is 4.74 Å². The Morgan fingerprint density at radius 2 is 2.03 bits per heavy atom. The van der Waals surface area contributed by atoms with Crippen molar-refractivity contribution in [2.45, 2.75) is 39.2 Å². The number of anilines is 1. The second-order valence-electron chi connectivity index (χ2n) is 7.60. The van der Waals surface area contributed by atoms with Crippen LogP contribution in [0.15, 0.2) is 30.5 Å². The van der Waals surface area contributed by atoms with Gasteiger partial charge in [0, 0.05) is 12.0 Å². The summed E-state index contributed by atoms with van der Waals surface area (Å²) in [5, 5.41) is 14.4. The van der Waals surface area contributed by atoms with Gasteiger partial charge < -0.3 is 15.4 Å². The van der Waals surface area contributed by atoms with E-state index in [1.54, 1.807) is 10.9 Å². The molecule has 1 amide bonds. The molecular formula is C21H25N7O3. The number of hydrogen-bond acceptors (Lipinski definition) is 8. The summed E-state index contributed by atoms with van der Waals surface area (Å²) < 4.78 is 7.14. The molecule has 0 radical (unpaired) electrons. The maximum atomic E-state index is 12.2. The predicted octanol–water partition coefficient (Wildman–Crippen LogP) is 1.89. The molecule has 2 aromatic heterocycles. The fourth-order valence-electron chi connectivity index (χ4n) is 3.71. The zero-order valence-electron chi connectivity index (χ0n) is 17.5. The molecule has 10 heteroatoms. The number of Topliss-reactive ketones (excluding diaryl/α,β-unsaturated/α-hetero) is 1. The van der Waals surface area contributed by atoms with Crippen LogP contribution in [0.5, 0.6) is 5.75 Å². The molecule has 2 N–H and O–H groups in total. The van der Waals surface area contributed by atoms with Gasteiger partial charge in [-0.2, -0.15) is 9.67 Å². The number of carbonyl (C=O) groups excluding carboxylic acids is 2. The molecule has 3 aromatic rings. The number of nitrogens with one attached hydrogen (secondary N) is 2. The fourth-order valence-corrected chi connectivity index (χ4v) is 3.71. The smallest absolute Gasteiger partial charge is 0.225 e. The van der Waals surface area contributed by atoms with Crippen molar-refractivity contribution in [2.24, 2.45) is 5.92 Å². The molecule has 1 aliphatic rings. The van der Waals surface area contributed by atoms with Gasteiger partial charge in [-0.3, -0.25) is 9.59 Å². The van der Waals surface area contributed by atoms with Crippen LogP contribution in [-0.4, -0.2) is 55.8 Å². The quantitative estimate of drug-likeness (QED) is 0.563. The molecule has 1 aliphatic carbocycles. The summed E-state index contributed by atoms with van der Waals surface area (Å²) in [5.41, 5.74) is 2.00. The van der Waals surface area contributed by atoms with Gasteiger partial charge in [0.05, 0.1) is 25.0 Å². The highest BCUT2D eigenvalue weighted by Crippen LogP contribution is 2.28. The lowest BCUT2D eigenvalue weighted by atomic mass is 10.1. The minimum Gasteiger partial charge on any atom is -0.494 e. The van der Waals surface area contributed by atoms with Crippen molar-refractivity contribution >= 4 is 28.8 Å². The number of hydrogen-bond donors (Lipinski definition) is 2. The van der Waals surface area contributed by atoms with E-state index in [0.29, 0.717) is 30.1 Å². The molecule has 31 heavy (non-hydrogen) atoms. The van der Waals surface area contributed by atoms with Gasteiger partial charge in [0.2, 0.25) is 11.9 Å². The lowest BCUT2D eigenvalue weighted by Gasteiger charge is -2.13. The predicted molar refractivity (Wildman–Crippen MR) is 114 cm³/mol. The second-order valence-corrected chi connectivity index (χ2v) is 7.60. The number of carbonyl (C=O) groups is 2. The van der Waals surface area contributed by atoms with E-state index < -0.39 is 0 Å². The van der Waals surface area contributed by atoms with E-state index >= 15 is 0 Å². The van der Waals surface area contributed by atoms with Crippen LogP contribution in [0.4, 0.5) is 5.95 Å². The molecular weight excluding hydrogens is 398 g/mol. The molecule has 0 spiro atoms. The van der Waals surface area contributed by atoms with Crippen LogP contribution < -0.4 is 15.4 Å². The van der Waals surface area contributed by atoms with Gasteiger partial charge in [-0.1, -0.05) is 5.21 Å². The normalized spacial score (nSPS) is 18.1. The summed E-state index contributed by atoms with van der Waals surface area (Å²) in [6.45, 7) is 4.08. The SMILES string of the molecule is CCOc1ccc(-n2nnc3cnc(N[C@@H]4CC[C@@H](C(=O)NCC(C)=O)C4)nc32)cc1. The molecule has 1 saturated carbocycles. The fraction of sp³-hybridized carbons (Fsp3) is 0.429. The number of ketones is 1. The van der Waals surface area contributed by atoms with Gasteiger partial charge in [0.15, 0.2) is 11.2 Å². The third kappa shape index (κ3) is 4.79. The van der Waals surface area contributed by atoms with Gasteiger partial charge in [0.25, 0.3) is 0 Å². The first-order valence-electron chi connectivity index (χ1n) is 10.4. The monoisotopic (exact) mass is 423 g/mol. The van der Waals surface area contributed by atoms with Crippen LogP contribution in [0.3, 0.4) is 0 Å². The number of amides is 1. The molecule has 0 unspecified atom stereocenters. The highest BCUT2D eigenvalue weighted by molar-refractivity contribution is 5.85. The van der Waals surface area contributed by atoms with Crippen LogP contribution in [0.25, 0.3) is 16.9 Å². The lowest BCUT2D eigenvalue weighted by Crippen LogP contribution is -2.33. The number of benzene rings is 1. The van der Waals surface area contributed by atoms with Crippen molar-refractivity contribution in [3.63, 3.8) is 0 Å². The minimum atomic E-state index is -0.114. The van der Waals surface area contributed by atoms with Gasteiger partial charge in [-0.25, -0.2) is 4.98 Å². The Bertz CT molecular complexity index is 1080. The summed E-state index contributed by atoms with van der Waals surface area (Å²) in [5.74, 6) is 1.01. The Morgan fingerprint density at radius 1 is 1.23 bits per heavy atom. The second kappa shape index (κ2) is 9.07. The van der Waals surface area contributed by atoms with Crippen LogP contribution in [0.2, 0.25) is 0 Å². The topological polar surface area (TPSA) is 124 Å². The Hall–Kier alpha value is -3.56. The molecule has 0 bridgehead atoms. The van der Waals surface area contributed by atoms with Crippen molar-refractivity contribution in [1.29, 1.82) is 0 Å². The molecule has 2 atom stereocenters. The molecule has 10 nitrogen and oxygen atoms in total. The van der Waals surface area contributed by atoms with Gasteiger partial charge in [-0.05, 0) is 57.4 Å². The zero-order chi connectivity index (χ0) is 21.8. The molecule has 4 rings (SSSR count). The first-order valence-corrected chi connectivity index (χ1v) is 10.4. The molecule has 0 saturated heterocycles. The van der Waals surface area contributed by atoms with E-state index in [2.05, 4.69) is 30.9 Å². The summed E-state index contributed by atoms with van der Waals surface area (Å²) in [6, 6.07) is 7.64. The van der Waals surface area contributed by atoms with Crippen molar-refractivity contribution in [2.75, 3.05) is 18.5 Å². The van der Waals surface area contributed by atoms with Crippen molar-refractivity contribution in [1.82, 2.24) is 30.3 Å². The summed E-state index contributed by atoms with van der Waals surface area (Å²) in [4.78, 5) is 32.2. The van der Waals surface area contributed by atoms with E-state index in [1.165, 1.54) is 6.92 Å². The minimum absolute atomic E-state index is 0.0551. The average Bonchev–Trinajstić information content (AvgIpc) is 3.40. The number of ether oxygens (including phenoxy) is 1. The highest BCUT2D eigenvalue weighted by Gasteiger charge is 2.30. The van der Waals surface area contributed by atoms with E-state index in [0.717, 1.165) is 24.3 Å². The number of rotatable bonds is 8. The van der Waals surface area contributed by atoms with E-state index in [1.807, 2.05) is 31.2 Å². The lowest BCUT2D eigenvalue weighted by molar-refractivity contribution is -0.127. The Labute approximate surface area is 179 Å².